The number of alkyl halides is 3. The lowest BCUT2D eigenvalue weighted by molar-refractivity contribution is -0.157. The van der Waals surface area contributed by atoms with Crippen LogP contribution in [0.15, 0.2) is 29.6 Å². The zero-order valence-electron chi connectivity index (χ0n) is 13.2. The van der Waals surface area contributed by atoms with Gasteiger partial charge in [-0.2, -0.15) is 13.2 Å². The second kappa shape index (κ2) is 7.51. The fourth-order valence-corrected chi connectivity index (χ4v) is 3.69. The van der Waals surface area contributed by atoms with E-state index in [1.165, 1.54) is 11.3 Å². The normalized spacial score (nSPS) is 17.6. The number of hydrogen-bond acceptors (Lipinski definition) is 4. The topological polar surface area (TPSA) is 62.3 Å². The Morgan fingerprint density at radius 1 is 1.35 bits per heavy atom. The van der Waals surface area contributed by atoms with E-state index in [0.717, 1.165) is 9.13 Å². The van der Waals surface area contributed by atoms with E-state index in [4.69, 9.17) is 0 Å². The van der Waals surface area contributed by atoms with Crippen LogP contribution >= 0.6 is 33.9 Å². The van der Waals surface area contributed by atoms with E-state index < -0.39 is 30.5 Å². The van der Waals surface area contributed by atoms with Crippen molar-refractivity contribution in [3.8, 4) is 11.3 Å². The van der Waals surface area contributed by atoms with E-state index in [1.54, 1.807) is 5.38 Å². The number of thiazole rings is 1. The molecule has 2 amide bonds. The summed E-state index contributed by atoms with van der Waals surface area (Å²) in [5, 5.41) is 4.73. The van der Waals surface area contributed by atoms with E-state index >= 15 is 0 Å². The van der Waals surface area contributed by atoms with E-state index in [-0.39, 0.29) is 13.0 Å². The number of halogens is 4. The lowest BCUT2D eigenvalue weighted by Gasteiger charge is -2.18. The molecule has 1 fully saturated rings. The summed E-state index contributed by atoms with van der Waals surface area (Å²) in [7, 11) is 0. The summed E-state index contributed by atoms with van der Waals surface area (Å²) >= 11 is 3.42. The molecule has 1 aromatic carbocycles. The lowest BCUT2D eigenvalue weighted by atomic mass is 10.1. The monoisotopic (exact) mass is 495 g/mol. The van der Waals surface area contributed by atoms with Gasteiger partial charge in [0.15, 0.2) is 5.13 Å². The molecule has 138 valence electrons. The molecule has 1 saturated heterocycles. The van der Waals surface area contributed by atoms with Gasteiger partial charge in [0.1, 0.15) is 6.54 Å². The number of anilines is 1. The van der Waals surface area contributed by atoms with E-state index in [0.29, 0.717) is 15.7 Å². The zero-order valence-corrected chi connectivity index (χ0v) is 16.2. The van der Waals surface area contributed by atoms with Crippen LogP contribution in [0.25, 0.3) is 11.3 Å². The van der Waals surface area contributed by atoms with Gasteiger partial charge in [-0.25, -0.2) is 4.98 Å². The smallest absolute Gasteiger partial charge is 0.333 e. The highest BCUT2D eigenvalue weighted by Gasteiger charge is 2.40. The number of hydrogen-bond donors (Lipinski definition) is 1. The van der Waals surface area contributed by atoms with Gasteiger partial charge in [0.2, 0.25) is 11.8 Å². The molecule has 0 spiro atoms. The summed E-state index contributed by atoms with van der Waals surface area (Å²) in [5.41, 5.74) is 1.59. The van der Waals surface area contributed by atoms with Crippen LogP contribution < -0.4 is 5.32 Å². The Morgan fingerprint density at radius 2 is 2.04 bits per heavy atom. The molecule has 2 aromatic rings. The van der Waals surface area contributed by atoms with Crippen LogP contribution in [0.5, 0.6) is 0 Å². The fourth-order valence-electron chi connectivity index (χ4n) is 2.61. The van der Waals surface area contributed by atoms with Gasteiger partial charge in [-0.3, -0.25) is 9.59 Å². The molecule has 10 heteroatoms. The molecule has 0 aliphatic carbocycles. The van der Waals surface area contributed by atoms with Crippen molar-refractivity contribution >= 4 is 50.9 Å². The zero-order chi connectivity index (χ0) is 18.9. The van der Waals surface area contributed by atoms with Crippen LogP contribution in [0.3, 0.4) is 0 Å². The Morgan fingerprint density at radius 3 is 2.69 bits per heavy atom. The SMILES string of the molecule is O=C(Nc1nc(-c2ccc(I)cc2)cs1)C1CC(=O)N(CC(F)(F)F)C1. The van der Waals surface area contributed by atoms with Crippen molar-refractivity contribution in [1.29, 1.82) is 0 Å². The molecule has 0 saturated carbocycles. The molecule has 3 rings (SSSR count). The van der Waals surface area contributed by atoms with E-state index in [1.807, 2.05) is 24.3 Å². The maximum atomic E-state index is 12.4. The van der Waals surface area contributed by atoms with Gasteiger partial charge in [0.05, 0.1) is 11.6 Å². The summed E-state index contributed by atoms with van der Waals surface area (Å²) in [6.07, 6.45) is -4.70. The number of nitrogens with zero attached hydrogens (tertiary/aromatic N) is 2. The predicted molar refractivity (Wildman–Crippen MR) is 99.6 cm³/mol. The van der Waals surface area contributed by atoms with Crippen LogP contribution in [0.4, 0.5) is 18.3 Å². The maximum Gasteiger partial charge on any atom is 0.406 e. The highest BCUT2D eigenvalue weighted by molar-refractivity contribution is 14.1. The average Bonchev–Trinajstić information content (AvgIpc) is 3.14. The van der Waals surface area contributed by atoms with Gasteiger partial charge < -0.3 is 10.2 Å². The Labute approximate surface area is 164 Å². The third kappa shape index (κ3) is 4.72. The largest absolute Gasteiger partial charge is 0.406 e. The molecule has 1 unspecified atom stereocenters. The Bertz CT molecular complexity index is 823. The van der Waals surface area contributed by atoms with Gasteiger partial charge in [-0.05, 0) is 34.7 Å². The van der Waals surface area contributed by atoms with E-state index in [9.17, 15) is 22.8 Å². The molecule has 1 N–H and O–H groups in total. The molecular formula is C16H13F3IN3O2S. The highest BCUT2D eigenvalue weighted by atomic mass is 127. The van der Waals surface area contributed by atoms with Crippen molar-refractivity contribution in [1.82, 2.24) is 9.88 Å². The molecule has 1 aromatic heterocycles. The molecular weight excluding hydrogens is 482 g/mol. The molecule has 0 bridgehead atoms. The van der Waals surface area contributed by atoms with Gasteiger partial charge in [-0.15, -0.1) is 11.3 Å². The molecule has 26 heavy (non-hydrogen) atoms. The first-order valence-corrected chi connectivity index (χ1v) is 9.54. The van der Waals surface area contributed by atoms with Gasteiger partial charge in [-0.1, -0.05) is 12.1 Å². The van der Waals surface area contributed by atoms with Crippen LogP contribution in [-0.2, 0) is 9.59 Å². The van der Waals surface area contributed by atoms with Crippen LogP contribution in [0, 0.1) is 9.49 Å². The van der Waals surface area contributed by atoms with Gasteiger partial charge >= 0.3 is 6.18 Å². The molecule has 2 heterocycles. The second-order valence-corrected chi connectivity index (χ2v) is 7.93. The lowest BCUT2D eigenvalue weighted by Crippen LogP contribution is -2.36. The maximum absolute atomic E-state index is 12.4. The summed E-state index contributed by atoms with van der Waals surface area (Å²) in [4.78, 5) is 28.9. The summed E-state index contributed by atoms with van der Waals surface area (Å²) < 4.78 is 38.4. The van der Waals surface area contributed by atoms with Crippen LogP contribution in [0.1, 0.15) is 6.42 Å². The number of carbonyl (C=O) groups is 2. The average molecular weight is 495 g/mol. The number of nitrogens with one attached hydrogen (secondary N) is 1. The third-order valence-electron chi connectivity index (χ3n) is 3.83. The minimum atomic E-state index is -4.47. The molecule has 1 atom stereocenters. The van der Waals surface area contributed by atoms with Crippen molar-refractivity contribution in [3.63, 3.8) is 0 Å². The minimum Gasteiger partial charge on any atom is -0.333 e. The molecule has 1 aliphatic heterocycles. The van der Waals surface area contributed by atoms with Crippen molar-refractivity contribution in [2.24, 2.45) is 5.92 Å². The number of rotatable bonds is 4. The van der Waals surface area contributed by atoms with Crippen molar-refractivity contribution < 1.29 is 22.8 Å². The number of aromatic nitrogens is 1. The first-order valence-electron chi connectivity index (χ1n) is 7.58. The van der Waals surface area contributed by atoms with Crippen LogP contribution in [-0.4, -0.2) is 41.0 Å². The van der Waals surface area contributed by atoms with Crippen molar-refractivity contribution in [3.05, 3.63) is 33.2 Å². The quantitative estimate of drug-likeness (QED) is 0.658. The Kier molecular flexibility index (Phi) is 5.51. The number of amides is 2. The number of benzene rings is 1. The first-order chi connectivity index (χ1) is 12.2. The number of likely N-dealkylation sites (tertiary alicyclic amines) is 1. The Balaban J connectivity index is 1.62. The fraction of sp³-hybridized carbons (Fsp3) is 0.312. The van der Waals surface area contributed by atoms with E-state index in [2.05, 4.69) is 32.9 Å². The summed E-state index contributed by atoms with van der Waals surface area (Å²) in [6.45, 7) is -1.57. The third-order valence-corrected chi connectivity index (χ3v) is 5.31. The summed E-state index contributed by atoms with van der Waals surface area (Å²) in [5.74, 6) is -1.97. The summed E-state index contributed by atoms with van der Waals surface area (Å²) in [6, 6.07) is 7.69. The molecule has 5 nitrogen and oxygen atoms in total. The van der Waals surface area contributed by atoms with Crippen LogP contribution in [0.2, 0.25) is 0 Å². The second-order valence-electron chi connectivity index (χ2n) is 5.82. The first kappa shape index (κ1) is 19.1. The molecule has 0 radical (unpaired) electrons. The highest BCUT2D eigenvalue weighted by Crippen LogP contribution is 2.28. The predicted octanol–water partition coefficient (Wildman–Crippen LogP) is 3.76. The minimum absolute atomic E-state index is 0.225. The standard InChI is InChI=1S/C16H13F3IN3O2S/c17-16(18,19)8-23-6-10(5-13(23)24)14(25)22-15-21-12(7-26-15)9-1-3-11(20)4-2-9/h1-4,7,10H,5-6,8H2,(H,21,22,25). The van der Waals surface area contributed by atoms with Crippen molar-refractivity contribution in [2.45, 2.75) is 12.6 Å². The molecule has 1 aliphatic rings. The van der Waals surface area contributed by atoms with Gasteiger partial charge in [0.25, 0.3) is 0 Å². The Hall–Kier alpha value is -1.69. The van der Waals surface area contributed by atoms with Gasteiger partial charge in [0, 0.05) is 27.5 Å². The van der Waals surface area contributed by atoms with Crippen molar-refractivity contribution in [2.75, 3.05) is 18.4 Å². The number of carbonyl (C=O) groups excluding carboxylic acids is 2.